The molecule has 206 valence electrons. The molecule has 2 aliphatic heterocycles. The second-order valence-corrected chi connectivity index (χ2v) is 11.9. The Balaban J connectivity index is 1.12. The number of nitrogens with zero attached hydrogens (tertiary/aromatic N) is 4. The van der Waals surface area contributed by atoms with Crippen molar-refractivity contribution >= 4 is 27.5 Å². The first-order chi connectivity index (χ1) is 18.9. The number of rotatable bonds is 9. The van der Waals surface area contributed by atoms with Crippen molar-refractivity contribution in [1.82, 2.24) is 14.9 Å². The molecule has 1 fully saturated rings. The van der Waals surface area contributed by atoms with Gasteiger partial charge in [0.15, 0.2) is 0 Å². The van der Waals surface area contributed by atoms with E-state index in [4.69, 9.17) is 9.72 Å². The molecule has 1 aromatic heterocycles. The summed E-state index contributed by atoms with van der Waals surface area (Å²) < 4.78 is 31.1. The highest BCUT2D eigenvalue weighted by atomic mass is 32.2. The topological polar surface area (TPSA) is 99.7 Å². The molecule has 39 heavy (non-hydrogen) atoms. The quantitative estimate of drug-likeness (QED) is 0.365. The highest BCUT2D eigenvalue weighted by Gasteiger charge is 2.21. The number of anilines is 3. The van der Waals surface area contributed by atoms with Crippen LogP contribution >= 0.6 is 0 Å². The summed E-state index contributed by atoms with van der Waals surface area (Å²) in [4.78, 5) is 14.1. The van der Waals surface area contributed by atoms with Gasteiger partial charge >= 0.3 is 0 Å². The van der Waals surface area contributed by atoms with Gasteiger partial charge in [0, 0.05) is 44.1 Å². The van der Waals surface area contributed by atoms with E-state index < -0.39 is 10.0 Å². The van der Waals surface area contributed by atoms with E-state index in [9.17, 15) is 8.42 Å². The first kappa shape index (κ1) is 27.0. The maximum atomic E-state index is 11.4. The van der Waals surface area contributed by atoms with Gasteiger partial charge in [-0.3, -0.25) is 9.62 Å². The number of hydrogen-bond acceptors (Lipinski definition) is 8. The van der Waals surface area contributed by atoms with Crippen molar-refractivity contribution in [3.05, 3.63) is 78.5 Å². The Labute approximate surface area is 231 Å². The number of nitrogens with one attached hydrogen (secondary N) is 2. The summed E-state index contributed by atoms with van der Waals surface area (Å²) in [6.07, 6.45) is 11.8. The van der Waals surface area contributed by atoms with Gasteiger partial charge in [0.05, 0.1) is 6.26 Å². The number of likely N-dealkylation sites (tertiary alicyclic amines) is 1. The predicted octanol–water partition coefficient (Wildman–Crippen LogP) is 4.87. The molecule has 1 saturated heterocycles. The zero-order chi connectivity index (χ0) is 27.1. The molecule has 0 amide bonds. The summed E-state index contributed by atoms with van der Waals surface area (Å²) in [5, 5.41) is 3.58. The van der Waals surface area contributed by atoms with Crippen LogP contribution in [0.2, 0.25) is 0 Å². The highest BCUT2D eigenvalue weighted by Crippen LogP contribution is 2.25. The Bertz CT molecular complexity index is 1350. The largest absolute Gasteiger partial charge is 0.457 e. The van der Waals surface area contributed by atoms with Crippen LogP contribution in [-0.2, 0) is 16.6 Å². The zero-order valence-electron chi connectivity index (χ0n) is 22.3. The van der Waals surface area contributed by atoms with Gasteiger partial charge in [0.1, 0.15) is 17.3 Å². The molecule has 2 aliphatic rings. The second-order valence-electron chi connectivity index (χ2n) is 10.1. The summed E-state index contributed by atoms with van der Waals surface area (Å²) in [7, 11) is -3.30. The number of benzene rings is 2. The van der Waals surface area contributed by atoms with Gasteiger partial charge in [-0.25, -0.2) is 13.4 Å². The van der Waals surface area contributed by atoms with Gasteiger partial charge < -0.3 is 15.0 Å². The predicted molar refractivity (Wildman–Crippen MR) is 156 cm³/mol. The number of piperidine rings is 1. The molecule has 3 aromatic rings. The van der Waals surface area contributed by atoms with Crippen LogP contribution in [0, 0.1) is 0 Å². The molecule has 1 atom stereocenters. The van der Waals surface area contributed by atoms with Crippen LogP contribution < -0.4 is 19.7 Å². The van der Waals surface area contributed by atoms with Crippen molar-refractivity contribution in [3.63, 3.8) is 0 Å². The van der Waals surface area contributed by atoms with E-state index in [1.54, 1.807) is 24.3 Å². The minimum atomic E-state index is -3.30. The van der Waals surface area contributed by atoms with Gasteiger partial charge in [0.2, 0.25) is 16.0 Å². The van der Waals surface area contributed by atoms with Crippen LogP contribution in [-0.4, -0.2) is 61.8 Å². The third kappa shape index (κ3) is 8.18. The average Bonchev–Trinajstić information content (AvgIpc) is 3.20. The Morgan fingerprint density at radius 2 is 1.64 bits per heavy atom. The molecule has 2 aromatic carbocycles. The number of ether oxygens (including phenoxy) is 1. The fourth-order valence-corrected chi connectivity index (χ4v) is 5.56. The lowest BCUT2D eigenvalue weighted by molar-refractivity contribution is 0.208. The van der Waals surface area contributed by atoms with Crippen LogP contribution in [0.25, 0.3) is 0 Å². The van der Waals surface area contributed by atoms with Crippen molar-refractivity contribution in [3.8, 4) is 11.5 Å². The van der Waals surface area contributed by atoms with Crippen molar-refractivity contribution < 1.29 is 13.2 Å². The standard InChI is InChI=1S/C29H36N6O3S/c1-39(36,37)33-24-10-14-27(15-11-24)38-26-12-8-23(9-13-26)21-34-18-6-7-25(22-34)31-29-30-17-16-28(32-29)35-19-4-2-3-5-20-35/h2-3,8-17,25,33H,4-7,18-22H2,1H3,(H,30,31,32). The Morgan fingerprint density at radius 3 is 2.33 bits per heavy atom. The summed E-state index contributed by atoms with van der Waals surface area (Å²) in [5.41, 5.74) is 1.73. The number of sulfonamides is 1. The molecule has 2 N–H and O–H groups in total. The molecular formula is C29H36N6O3S. The molecule has 0 bridgehead atoms. The molecule has 1 unspecified atom stereocenters. The maximum Gasteiger partial charge on any atom is 0.229 e. The van der Waals surface area contributed by atoms with Gasteiger partial charge in [-0.05, 0) is 80.3 Å². The fraction of sp³-hybridized carbons (Fsp3) is 0.379. The Hall–Kier alpha value is -3.63. The third-order valence-corrected chi connectivity index (χ3v) is 7.43. The molecule has 9 nitrogen and oxygen atoms in total. The van der Waals surface area contributed by atoms with E-state index in [1.165, 1.54) is 5.56 Å². The summed E-state index contributed by atoms with van der Waals surface area (Å²) in [5.74, 6) is 3.08. The molecule has 0 radical (unpaired) electrons. The van der Waals surface area contributed by atoms with Crippen molar-refractivity contribution in [1.29, 1.82) is 0 Å². The lowest BCUT2D eigenvalue weighted by Crippen LogP contribution is -2.42. The molecule has 0 spiro atoms. The SMILES string of the molecule is CS(=O)(=O)Nc1ccc(Oc2ccc(CN3CCCC(Nc4nccc(N5CCC=CCC5)n4)C3)cc2)cc1. The van der Waals surface area contributed by atoms with Crippen LogP contribution in [0.1, 0.15) is 31.2 Å². The molecule has 0 aliphatic carbocycles. The minimum absolute atomic E-state index is 0.308. The van der Waals surface area contributed by atoms with E-state index in [2.05, 4.69) is 49.1 Å². The van der Waals surface area contributed by atoms with Crippen molar-refractivity contribution in [2.75, 3.05) is 47.4 Å². The summed E-state index contributed by atoms with van der Waals surface area (Å²) >= 11 is 0. The average molecular weight is 549 g/mol. The first-order valence-corrected chi connectivity index (χ1v) is 15.4. The van der Waals surface area contributed by atoms with Crippen LogP contribution in [0.15, 0.2) is 72.9 Å². The molecule has 0 saturated carbocycles. The number of aromatic nitrogens is 2. The molecule has 10 heteroatoms. The third-order valence-electron chi connectivity index (χ3n) is 6.82. The van der Waals surface area contributed by atoms with Crippen LogP contribution in [0.5, 0.6) is 11.5 Å². The normalized spacial score (nSPS) is 18.4. The second kappa shape index (κ2) is 12.5. The molecule has 5 rings (SSSR count). The summed E-state index contributed by atoms with van der Waals surface area (Å²) in [6, 6.07) is 17.3. The smallest absolute Gasteiger partial charge is 0.229 e. The van der Waals surface area contributed by atoms with E-state index >= 15 is 0 Å². The van der Waals surface area contributed by atoms with Crippen LogP contribution in [0.3, 0.4) is 0 Å². The maximum absolute atomic E-state index is 11.4. The lowest BCUT2D eigenvalue weighted by Gasteiger charge is -2.33. The van der Waals surface area contributed by atoms with E-state index in [1.807, 2.05) is 24.4 Å². The number of hydrogen-bond donors (Lipinski definition) is 2. The fourth-order valence-electron chi connectivity index (χ4n) is 4.99. The zero-order valence-corrected chi connectivity index (χ0v) is 23.1. The van der Waals surface area contributed by atoms with Crippen LogP contribution in [0.4, 0.5) is 17.5 Å². The molecular weight excluding hydrogens is 512 g/mol. The summed E-state index contributed by atoms with van der Waals surface area (Å²) in [6.45, 7) is 4.84. The van der Waals surface area contributed by atoms with E-state index in [-0.39, 0.29) is 0 Å². The van der Waals surface area contributed by atoms with Gasteiger partial charge in [0.25, 0.3) is 0 Å². The highest BCUT2D eigenvalue weighted by molar-refractivity contribution is 7.92. The Morgan fingerprint density at radius 1 is 0.949 bits per heavy atom. The van der Waals surface area contributed by atoms with Gasteiger partial charge in [-0.15, -0.1) is 0 Å². The van der Waals surface area contributed by atoms with Gasteiger partial charge in [-0.1, -0.05) is 24.3 Å². The monoisotopic (exact) mass is 548 g/mol. The van der Waals surface area contributed by atoms with E-state index in [0.29, 0.717) is 23.4 Å². The van der Waals surface area contributed by atoms with Crippen molar-refractivity contribution in [2.45, 2.75) is 38.3 Å². The first-order valence-electron chi connectivity index (χ1n) is 13.5. The van der Waals surface area contributed by atoms with E-state index in [0.717, 1.165) is 76.2 Å². The van der Waals surface area contributed by atoms with Crippen molar-refractivity contribution in [2.24, 2.45) is 0 Å². The lowest BCUT2D eigenvalue weighted by atomic mass is 10.0. The molecule has 3 heterocycles. The van der Waals surface area contributed by atoms with Gasteiger partial charge in [-0.2, -0.15) is 4.98 Å². The minimum Gasteiger partial charge on any atom is -0.457 e. The Kier molecular flexibility index (Phi) is 8.63.